The summed E-state index contributed by atoms with van der Waals surface area (Å²) in [6.07, 6.45) is 5.15. The molecule has 0 N–H and O–H groups in total. The Bertz CT molecular complexity index is 612. The number of rotatable bonds is 5. The highest BCUT2D eigenvalue weighted by molar-refractivity contribution is 6.07. The van der Waals surface area contributed by atoms with Gasteiger partial charge in [-0.2, -0.15) is 5.06 Å². The average molecular weight is 314 g/mol. The van der Waals surface area contributed by atoms with E-state index in [2.05, 4.69) is 6.92 Å². The van der Waals surface area contributed by atoms with E-state index in [4.69, 9.17) is 4.84 Å². The molecule has 1 atom stereocenters. The number of carbonyl (C=O) groups excluding carboxylic acids is 2. The van der Waals surface area contributed by atoms with Gasteiger partial charge in [-0.25, -0.2) is 0 Å². The molecule has 2 aliphatic rings. The largest absolute Gasteiger partial charge is 0.325 e. The van der Waals surface area contributed by atoms with Crippen molar-refractivity contribution in [2.75, 3.05) is 13.2 Å². The molecule has 1 aromatic carbocycles. The van der Waals surface area contributed by atoms with Crippen LogP contribution >= 0.6 is 0 Å². The third kappa shape index (κ3) is 3.15. The Hall–Kier alpha value is -2.14. The molecule has 1 unspecified atom stereocenters. The number of hydrogen-bond donors (Lipinski definition) is 0. The first-order valence-electron chi connectivity index (χ1n) is 8.27. The Labute approximate surface area is 136 Å². The predicted molar refractivity (Wildman–Crippen MR) is 86.9 cm³/mol. The highest BCUT2D eigenvalue weighted by Crippen LogP contribution is 2.30. The molecule has 0 aliphatic carbocycles. The number of piperazine rings is 1. The number of hydroxylamine groups is 2. The lowest BCUT2D eigenvalue weighted by Crippen LogP contribution is -2.55. The average Bonchev–Trinajstić information content (AvgIpc) is 3.06. The molecule has 0 spiro atoms. The van der Waals surface area contributed by atoms with E-state index in [1.54, 1.807) is 11.0 Å². The molecular weight excluding hydrogens is 292 g/mol. The molecule has 2 amide bonds. The van der Waals surface area contributed by atoms with Gasteiger partial charge in [0.1, 0.15) is 11.7 Å². The zero-order valence-corrected chi connectivity index (χ0v) is 13.4. The lowest BCUT2D eigenvalue weighted by Gasteiger charge is -2.37. The van der Waals surface area contributed by atoms with Crippen molar-refractivity contribution in [1.29, 1.82) is 0 Å². The van der Waals surface area contributed by atoms with Crippen molar-refractivity contribution in [3.63, 3.8) is 0 Å². The molecule has 3 rings (SSSR count). The molecule has 0 radical (unpaired) electrons. The van der Waals surface area contributed by atoms with Gasteiger partial charge in [0, 0.05) is 6.54 Å². The van der Waals surface area contributed by atoms with Crippen LogP contribution in [0.2, 0.25) is 0 Å². The lowest BCUT2D eigenvalue weighted by atomic mass is 10.1. The summed E-state index contributed by atoms with van der Waals surface area (Å²) in [6.45, 7) is 3.14. The standard InChI is InChI=1S/C18H22N2O3/c1-2-3-12-23-20-16(13-14-8-5-4-6-9-14)17(21)19-11-7-10-15(19)18(20)22/h4-6,8-9,13,15H,2-3,7,10-12H2,1H3/b16-13+. The second-order valence-corrected chi connectivity index (χ2v) is 5.92. The zero-order valence-electron chi connectivity index (χ0n) is 13.4. The number of carbonyl (C=O) groups is 2. The van der Waals surface area contributed by atoms with E-state index < -0.39 is 0 Å². The van der Waals surface area contributed by atoms with Crippen molar-refractivity contribution in [2.45, 2.75) is 38.6 Å². The number of fused-ring (bicyclic) bond motifs is 1. The number of unbranched alkanes of at least 4 members (excludes halogenated alkanes) is 1. The lowest BCUT2D eigenvalue weighted by molar-refractivity contribution is -0.190. The fourth-order valence-electron chi connectivity index (χ4n) is 3.02. The highest BCUT2D eigenvalue weighted by Gasteiger charge is 2.45. The van der Waals surface area contributed by atoms with Gasteiger partial charge in [0.15, 0.2) is 0 Å². The van der Waals surface area contributed by atoms with E-state index in [0.29, 0.717) is 18.8 Å². The van der Waals surface area contributed by atoms with Crippen molar-refractivity contribution in [3.8, 4) is 0 Å². The molecule has 1 aromatic rings. The van der Waals surface area contributed by atoms with Crippen LogP contribution in [0.3, 0.4) is 0 Å². The predicted octanol–water partition coefficient (Wildman–Crippen LogP) is 2.59. The maximum atomic E-state index is 12.8. The first-order valence-corrected chi connectivity index (χ1v) is 8.27. The van der Waals surface area contributed by atoms with Crippen LogP contribution < -0.4 is 0 Å². The van der Waals surface area contributed by atoms with E-state index >= 15 is 0 Å². The number of nitrogens with zero attached hydrogens (tertiary/aromatic N) is 2. The molecule has 2 saturated heterocycles. The maximum Gasteiger partial charge on any atom is 0.273 e. The van der Waals surface area contributed by atoms with E-state index in [0.717, 1.165) is 31.2 Å². The van der Waals surface area contributed by atoms with Gasteiger partial charge < -0.3 is 4.90 Å². The molecule has 2 aliphatic heterocycles. The fourth-order valence-corrected chi connectivity index (χ4v) is 3.02. The fraction of sp³-hybridized carbons (Fsp3) is 0.444. The monoisotopic (exact) mass is 314 g/mol. The topological polar surface area (TPSA) is 49.9 Å². The first kappa shape index (κ1) is 15.7. The molecule has 23 heavy (non-hydrogen) atoms. The number of amides is 2. The molecule has 0 aromatic heterocycles. The molecule has 5 nitrogen and oxygen atoms in total. The minimum atomic E-state index is -0.364. The van der Waals surface area contributed by atoms with Crippen LogP contribution in [0.5, 0.6) is 0 Å². The Kier molecular flexibility index (Phi) is 4.76. The third-order valence-corrected chi connectivity index (χ3v) is 4.26. The second kappa shape index (κ2) is 6.96. The van der Waals surface area contributed by atoms with Gasteiger partial charge in [0.25, 0.3) is 11.8 Å². The third-order valence-electron chi connectivity index (χ3n) is 4.26. The highest BCUT2D eigenvalue weighted by atomic mass is 16.7. The van der Waals surface area contributed by atoms with Crippen LogP contribution in [0.15, 0.2) is 36.0 Å². The Morgan fingerprint density at radius 2 is 2.04 bits per heavy atom. The summed E-state index contributed by atoms with van der Waals surface area (Å²) in [5, 5.41) is 1.23. The van der Waals surface area contributed by atoms with E-state index in [1.807, 2.05) is 30.3 Å². The van der Waals surface area contributed by atoms with Crippen LogP contribution in [0, 0.1) is 0 Å². The van der Waals surface area contributed by atoms with Crippen molar-refractivity contribution < 1.29 is 14.4 Å². The van der Waals surface area contributed by atoms with Crippen molar-refractivity contribution in [3.05, 3.63) is 41.6 Å². The van der Waals surface area contributed by atoms with Crippen molar-refractivity contribution >= 4 is 17.9 Å². The molecular formula is C18H22N2O3. The van der Waals surface area contributed by atoms with Crippen molar-refractivity contribution in [2.24, 2.45) is 0 Å². The minimum absolute atomic E-state index is 0.118. The SMILES string of the molecule is CCCCON1C(=O)C2CCCN2C(=O)/C1=C\c1ccccc1. The number of benzene rings is 1. The van der Waals surface area contributed by atoms with Crippen LogP contribution in [0.25, 0.3) is 6.08 Å². The maximum absolute atomic E-state index is 12.8. The zero-order chi connectivity index (χ0) is 16.2. The van der Waals surface area contributed by atoms with E-state index in [1.165, 1.54) is 5.06 Å². The van der Waals surface area contributed by atoms with Gasteiger partial charge in [-0.05, 0) is 30.9 Å². The van der Waals surface area contributed by atoms with Gasteiger partial charge >= 0.3 is 0 Å². The summed E-state index contributed by atoms with van der Waals surface area (Å²) in [7, 11) is 0. The Morgan fingerprint density at radius 3 is 2.78 bits per heavy atom. The van der Waals surface area contributed by atoms with Crippen LogP contribution in [-0.2, 0) is 14.4 Å². The Balaban J connectivity index is 1.92. The summed E-state index contributed by atoms with van der Waals surface area (Å²) in [6, 6.07) is 9.18. The minimum Gasteiger partial charge on any atom is -0.325 e. The smallest absolute Gasteiger partial charge is 0.273 e. The van der Waals surface area contributed by atoms with Crippen LogP contribution in [-0.4, -0.2) is 41.0 Å². The first-order chi connectivity index (χ1) is 11.2. The normalized spacial score (nSPS) is 22.8. The molecule has 122 valence electrons. The van der Waals surface area contributed by atoms with E-state index in [9.17, 15) is 9.59 Å². The van der Waals surface area contributed by atoms with Crippen molar-refractivity contribution in [1.82, 2.24) is 9.96 Å². The summed E-state index contributed by atoms with van der Waals surface area (Å²) in [5.74, 6) is -0.243. The number of hydrogen-bond acceptors (Lipinski definition) is 3. The van der Waals surface area contributed by atoms with Gasteiger partial charge in [-0.1, -0.05) is 43.7 Å². The summed E-state index contributed by atoms with van der Waals surface area (Å²) >= 11 is 0. The second-order valence-electron chi connectivity index (χ2n) is 5.92. The molecule has 2 fully saturated rings. The quantitative estimate of drug-likeness (QED) is 0.620. The van der Waals surface area contributed by atoms with Gasteiger partial charge in [-0.3, -0.25) is 14.4 Å². The van der Waals surface area contributed by atoms with Crippen LogP contribution in [0.4, 0.5) is 0 Å². The Morgan fingerprint density at radius 1 is 1.26 bits per heavy atom. The molecule has 5 heteroatoms. The summed E-state index contributed by atoms with van der Waals surface area (Å²) < 4.78 is 0. The van der Waals surface area contributed by atoms with Gasteiger partial charge in [-0.15, -0.1) is 0 Å². The summed E-state index contributed by atoms with van der Waals surface area (Å²) in [4.78, 5) is 32.8. The summed E-state index contributed by atoms with van der Waals surface area (Å²) in [5.41, 5.74) is 1.20. The molecule has 0 saturated carbocycles. The van der Waals surface area contributed by atoms with E-state index in [-0.39, 0.29) is 17.9 Å². The van der Waals surface area contributed by atoms with Gasteiger partial charge in [0.2, 0.25) is 0 Å². The molecule has 2 heterocycles. The van der Waals surface area contributed by atoms with Gasteiger partial charge in [0.05, 0.1) is 6.61 Å². The molecule has 0 bridgehead atoms. The van der Waals surface area contributed by atoms with Crippen LogP contribution in [0.1, 0.15) is 38.2 Å².